The molecule has 0 aromatic heterocycles. The van der Waals surface area contributed by atoms with Gasteiger partial charge >= 0.3 is 11.9 Å². The number of unbranched alkanes of at least 4 members (excludes halogenated alkanes) is 37. The van der Waals surface area contributed by atoms with Crippen LogP contribution in [0.2, 0.25) is 0 Å². The first-order chi connectivity index (χ1) is 33.6. The Morgan fingerprint density at radius 2 is 0.632 bits per heavy atom. The third-order valence-corrected chi connectivity index (χ3v) is 13.3. The molecule has 0 saturated carbocycles. The average Bonchev–Trinajstić information content (AvgIpc) is 3.34. The van der Waals surface area contributed by atoms with E-state index in [1.54, 1.807) is 0 Å². The van der Waals surface area contributed by atoms with Crippen molar-refractivity contribution in [3.05, 3.63) is 60.8 Å². The zero-order valence-corrected chi connectivity index (χ0v) is 45.4. The molecule has 0 bridgehead atoms. The van der Waals surface area contributed by atoms with Crippen LogP contribution in [0.3, 0.4) is 0 Å². The van der Waals surface area contributed by atoms with Crippen LogP contribution in [0.4, 0.5) is 0 Å². The lowest BCUT2D eigenvalue weighted by Crippen LogP contribution is -2.28. The number of aliphatic hydroxyl groups is 1. The van der Waals surface area contributed by atoms with E-state index in [0.29, 0.717) is 12.8 Å². The lowest BCUT2D eigenvalue weighted by molar-refractivity contribution is -0.161. The van der Waals surface area contributed by atoms with Gasteiger partial charge in [-0.05, 0) is 77.0 Å². The summed E-state index contributed by atoms with van der Waals surface area (Å²) in [6.45, 7) is 4.04. The third kappa shape index (κ3) is 56.2. The van der Waals surface area contributed by atoms with Crippen LogP contribution in [-0.4, -0.2) is 36.4 Å². The first kappa shape index (κ1) is 65.6. The van der Waals surface area contributed by atoms with Crippen LogP contribution in [0, 0.1) is 0 Å². The molecule has 0 aliphatic heterocycles. The van der Waals surface area contributed by atoms with Crippen molar-refractivity contribution in [1.82, 2.24) is 0 Å². The van der Waals surface area contributed by atoms with Gasteiger partial charge in [0.2, 0.25) is 0 Å². The molecule has 0 heterocycles. The number of carbonyl (C=O) groups is 2. The lowest BCUT2D eigenvalue weighted by atomic mass is 10.0. The minimum atomic E-state index is -0.773. The van der Waals surface area contributed by atoms with Gasteiger partial charge < -0.3 is 14.6 Å². The highest BCUT2D eigenvalue weighted by Gasteiger charge is 2.16. The monoisotopic (exact) mass is 951 g/mol. The zero-order valence-electron chi connectivity index (χ0n) is 45.4. The number of hydrogen-bond donors (Lipinski definition) is 1. The van der Waals surface area contributed by atoms with E-state index < -0.39 is 6.10 Å². The molecule has 1 atom stereocenters. The molecule has 0 fully saturated rings. The molecule has 5 nitrogen and oxygen atoms in total. The summed E-state index contributed by atoms with van der Waals surface area (Å²) < 4.78 is 10.7. The van der Waals surface area contributed by atoms with Gasteiger partial charge in [-0.2, -0.15) is 0 Å². The molecule has 0 rings (SSSR count). The first-order valence-electron chi connectivity index (χ1n) is 29.8. The van der Waals surface area contributed by atoms with Gasteiger partial charge in [0.1, 0.15) is 6.61 Å². The van der Waals surface area contributed by atoms with Gasteiger partial charge in [-0.3, -0.25) is 9.59 Å². The van der Waals surface area contributed by atoms with E-state index in [2.05, 4.69) is 74.6 Å². The number of hydrogen-bond acceptors (Lipinski definition) is 5. The van der Waals surface area contributed by atoms with E-state index in [4.69, 9.17) is 9.47 Å². The zero-order chi connectivity index (χ0) is 49.2. The molecule has 5 heteroatoms. The topological polar surface area (TPSA) is 72.8 Å². The average molecular weight is 952 g/mol. The lowest BCUT2D eigenvalue weighted by Gasteiger charge is -2.15. The number of rotatable bonds is 55. The summed E-state index contributed by atoms with van der Waals surface area (Å²) in [4.78, 5) is 24.5. The summed E-state index contributed by atoms with van der Waals surface area (Å²) in [5.74, 6) is -0.586. The Morgan fingerprint density at radius 1 is 0.353 bits per heavy atom. The number of carbonyl (C=O) groups excluding carboxylic acids is 2. The predicted molar refractivity (Wildman–Crippen MR) is 297 cm³/mol. The third-order valence-electron chi connectivity index (χ3n) is 13.3. The number of ether oxygens (including phenoxy) is 2. The Bertz CT molecular complexity index is 1170. The van der Waals surface area contributed by atoms with E-state index in [0.717, 1.165) is 70.6 Å². The number of esters is 2. The van der Waals surface area contributed by atoms with Crippen molar-refractivity contribution in [1.29, 1.82) is 0 Å². The molecule has 1 N–H and O–H groups in total. The smallest absolute Gasteiger partial charge is 0.306 e. The van der Waals surface area contributed by atoms with Crippen LogP contribution in [0.25, 0.3) is 0 Å². The van der Waals surface area contributed by atoms with Gasteiger partial charge in [0.25, 0.3) is 0 Å². The summed E-state index contributed by atoms with van der Waals surface area (Å²) in [5.41, 5.74) is 0. The largest absolute Gasteiger partial charge is 0.462 e. The Balaban J connectivity index is 3.38. The Labute approximate surface area is 423 Å². The molecule has 0 aliphatic rings. The number of aliphatic hydroxyl groups excluding tert-OH is 1. The second-order valence-corrected chi connectivity index (χ2v) is 20.0. The van der Waals surface area contributed by atoms with Crippen LogP contribution in [-0.2, 0) is 19.1 Å². The van der Waals surface area contributed by atoms with Crippen molar-refractivity contribution in [3.8, 4) is 0 Å². The van der Waals surface area contributed by atoms with Gasteiger partial charge in [-0.1, -0.05) is 280 Å². The summed E-state index contributed by atoms with van der Waals surface area (Å²) in [6, 6.07) is 0. The molecule has 0 aliphatic carbocycles. The van der Waals surface area contributed by atoms with Crippen molar-refractivity contribution in [3.63, 3.8) is 0 Å². The van der Waals surface area contributed by atoms with Crippen molar-refractivity contribution in [2.24, 2.45) is 0 Å². The van der Waals surface area contributed by atoms with Gasteiger partial charge in [-0.25, -0.2) is 0 Å². The van der Waals surface area contributed by atoms with Gasteiger partial charge in [-0.15, -0.1) is 0 Å². The summed E-state index contributed by atoms with van der Waals surface area (Å²) in [5, 5.41) is 9.64. The second-order valence-electron chi connectivity index (χ2n) is 20.0. The Morgan fingerprint density at radius 3 is 0.971 bits per heavy atom. The van der Waals surface area contributed by atoms with Gasteiger partial charge in [0.15, 0.2) is 6.10 Å². The van der Waals surface area contributed by atoms with Crippen molar-refractivity contribution in [2.45, 2.75) is 315 Å². The molecule has 0 spiro atoms. The summed E-state index contributed by atoms with van der Waals surface area (Å²) >= 11 is 0. The van der Waals surface area contributed by atoms with Crippen LogP contribution < -0.4 is 0 Å². The van der Waals surface area contributed by atoms with Crippen molar-refractivity contribution >= 4 is 11.9 Å². The summed E-state index contributed by atoms with van der Waals surface area (Å²) in [6.07, 6.45) is 79.4. The molecule has 68 heavy (non-hydrogen) atoms. The van der Waals surface area contributed by atoms with Crippen LogP contribution in [0.15, 0.2) is 60.8 Å². The maximum atomic E-state index is 12.3. The predicted octanol–water partition coefficient (Wildman–Crippen LogP) is 20.2. The number of allylic oxidation sites excluding steroid dienone is 10. The van der Waals surface area contributed by atoms with Crippen molar-refractivity contribution in [2.75, 3.05) is 13.2 Å². The van der Waals surface area contributed by atoms with Crippen molar-refractivity contribution < 1.29 is 24.2 Å². The highest BCUT2D eigenvalue weighted by molar-refractivity contribution is 5.70. The molecule has 0 aromatic carbocycles. The summed E-state index contributed by atoms with van der Waals surface area (Å²) in [7, 11) is 0. The molecular weight excluding hydrogens is 837 g/mol. The van der Waals surface area contributed by atoms with Crippen LogP contribution in [0.5, 0.6) is 0 Å². The highest BCUT2D eigenvalue weighted by atomic mass is 16.6. The minimum absolute atomic E-state index is 0.0664. The van der Waals surface area contributed by atoms with E-state index in [1.165, 1.54) is 212 Å². The molecule has 0 aromatic rings. The molecule has 0 saturated heterocycles. The van der Waals surface area contributed by atoms with Crippen LogP contribution >= 0.6 is 0 Å². The Hall–Kier alpha value is -2.40. The van der Waals surface area contributed by atoms with Gasteiger partial charge in [0, 0.05) is 12.8 Å². The fourth-order valence-corrected chi connectivity index (χ4v) is 8.84. The van der Waals surface area contributed by atoms with E-state index in [-0.39, 0.29) is 25.2 Å². The van der Waals surface area contributed by atoms with Gasteiger partial charge in [0.05, 0.1) is 6.61 Å². The highest BCUT2D eigenvalue weighted by Crippen LogP contribution is 2.17. The fourth-order valence-electron chi connectivity index (χ4n) is 8.84. The molecule has 0 amide bonds. The molecular formula is C63H114O5. The van der Waals surface area contributed by atoms with E-state index in [9.17, 15) is 14.7 Å². The van der Waals surface area contributed by atoms with Crippen LogP contribution in [0.1, 0.15) is 309 Å². The molecule has 0 radical (unpaired) electrons. The minimum Gasteiger partial charge on any atom is -0.462 e. The standard InChI is InChI=1S/C63H114O5/c1-3-5-7-9-11-13-15-17-19-20-21-22-23-24-25-26-27-28-29-30-31-32-33-34-35-36-37-38-39-40-41-42-44-46-48-50-52-54-56-58-63(66)68-61(59-64)60-67-62(65)57-55-53-51-49-47-45-43-18-16-14-12-10-8-6-4-2/h5,7,11,13,17-19,21-22,43,61,64H,3-4,6,8-10,12,14-16,20,23-42,44-60H2,1-2H3/b7-5-,13-11-,19-17-,22-21-,43-18-. The fraction of sp³-hybridized carbons (Fsp3) is 0.810. The quantitative estimate of drug-likeness (QED) is 0.0374. The Kier molecular flexibility index (Phi) is 56.8. The normalized spacial score (nSPS) is 12.6. The molecule has 1 unspecified atom stereocenters. The SMILES string of the molecule is CC/C=C\C/C=C\C/C=C\C/C=C\CCCCCCCCCCCCCCCCCCCCCCCCCCCCC(=O)OC(CO)COC(=O)CCCCCCC/C=C\CCCCCCCC. The second kappa shape index (κ2) is 58.9. The molecule has 396 valence electrons. The first-order valence-corrected chi connectivity index (χ1v) is 29.8. The van der Waals surface area contributed by atoms with E-state index >= 15 is 0 Å². The maximum absolute atomic E-state index is 12.3. The van der Waals surface area contributed by atoms with E-state index in [1.807, 2.05) is 0 Å². The maximum Gasteiger partial charge on any atom is 0.306 e.